The number of carboxylic acids is 1. The maximum absolute atomic E-state index is 10.7. The van der Waals surface area contributed by atoms with Crippen LogP contribution in [0.25, 0.3) is 6.08 Å². The van der Waals surface area contributed by atoms with Crippen molar-refractivity contribution in [3.05, 3.63) is 34.9 Å². The van der Waals surface area contributed by atoms with E-state index in [0.29, 0.717) is 11.1 Å². The third-order valence-electron chi connectivity index (χ3n) is 3.51. The number of anilines is 1. The van der Waals surface area contributed by atoms with Gasteiger partial charge in [-0.1, -0.05) is 17.7 Å². The summed E-state index contributed by atoms with van der Waals surface area (Å²) in [6, 6.07) is 5.50. The highest BCUT2D eigenvalue weighted by Crippen LogP contribution is 2.29. The highest BCUT2D eigenvalue weighted by atomic mass is 35.5. The van der Waals surface area contributed by atoms with Crippen LogP contribution in [0.5, 0.6) is 0 Å². The van der Waals surface area contributed by atoms with Crippen molar-refractivity contribution in [2.45, 2.75) is 18.9 Å². The highest BCUT2D eigenvalue weighted by molar-refractivity contribution is 6.31. The molecule has 1 heterocycles. The fourth-order valence-electron chi connectivity index (χ4n) is 2.43. The molecule has 0 bridgehead atoms. The molecular formula is C15H18ClNO3. The molecule has 1 aromatic rings. The van der Waals surface area contributed by atoms with Crippen molar-refractivity contribution in [1.29, 1.82) is 0 Å². The normalized spacial score (nSPS) is 16.8. The molecule has 20 heavy (non-hydrogen) atoms. The Kier molecular flexibility index (Phi) is 5.04. The number of piperidine rings is 1. The zero-order chi connectivity index (χ0) is 14.5. The molecule has 1 aliphatic rings. The van der Waals surface area contributed by atoms with E-state index in [1.807, 2.05) is 12.1 Å². The predicted molar refractivity (Wildman–Crippen MR) is 80.4 cm³/mol. The van der Waals surface area contributed by atoms with E-state index in [1.165, 1.54) is 0 Å². The Hall–Kier alpha value is -1.52. The Morgan fingerprint density at radius 2 is 2.15 bits per heavy atom. The first-order valence-corrected chi connectivity index (χ1v) is 6.96. The molecular weight excluding hydrogens is 278 g/mol. The molecule has 0 aromatic heterocycles. The first kappa shape index (κ1) is 14.9. The van der Waals surface area contributed by atoms with Crippen LogP contribution >= 0.6 is 11.6 Å². The molecule has 108 valence electrons. The van der Waals surface area contributed by atoms with Crippen LogP contribution in [0.2, 0.25) is 5.02 Å². The van der Waals surface area contributed by atoms with Crippen molar-refractivity contribution in [2.24, 2.45) is 0 Å². The summed E-state index contributed by atoms with van der Waals surface area (Å²) in [4.78, 5) is 12.9. The van der Waals surface area contributed by atoms with Gasteiger partial charge in [0.05, 0.1) is 6.10 Å². The second-order valence-corrected chi connectivity index (χ2v) is 5.23. The van der Waals surface area contributed by atoms with E-state index < -0.39 is 5.97 Å². The zero-order valence-corrected chi connectivity index (χ0v) is 12.1. The molecule has 0 saturated carbocycles. The molecule has 1 aromatic carbocycles. The Balaban J connectivity index is 2.21. The Morgan fingerprint density at radius 1 is 1.45 bits per heavy atom. The van der Waals surface area contributed by atoms with Crippen LogP contribution in [0.15, 0.2) is 24.3 Å². The van der Waals surface area contributed by atoms with E-state index in [0.717, 1.165) is 43.3 Å². The smallest absolute Gasteiger partial charge is 0.328 e. The second kappa shape index (κ2) is 6.77. The number of halogens is 1. The monoisotopic (exact) mass is 295 g/mol. The Labute approximate surface area is 123 Å². The summed E-state index contributed by atoms with van der Waals surface area (Å²) in [5.74, 6) is -0.955. The van der Waals surface area contributed by atoms with Crippen molar-refractivity contribution in [3.8, 4) is 0 Å². The number of hydrogen-bond acceptors (Lipinski definition) is 3. The second-order valence-electron chi connectivity index (χ2n) is 4.80. The van der Waals surface area contributed by atoms with Crippen LogP contribution < -0.4 is 4.90 Å². The van der Waals surface area contributed by atoms with Gasteiger partial charge in [0.2, 0.25) is 0 Å². The van der Waals surface area contributed by atoms with Gasteiger partial charge < -0.3 is 14.7 Å². The zero-order valence-electron chi connectivity index (χ0n) is 11.4. The number of ether oxygens (including phenoxy) is 1. The maximum Gasteiger partial charge on any atom is 0.328 e. The Morgan fingerprint density at radius 3 is 2.75 bits per heavy atom. The summed E-state index contributed by atoms with van der Waals surface area (Å²) >= 11 is 6.06. The molecule has 0 radical (unpaired) electrons. The lowest BCUT2D eigenvalue weighted by molar-refractivity contribution is -0.131. The number of carboxylic acid groups (broad SMARTS) is 1. The third kappa shape index (κ3) is 3.74. The average molecular weight is 296 g/mol. The molecule has 1 aliphatic heterocycles. The molecule has 0 spiro atoms. The molecule has 1 fully saturated rings. The van der Waals surface area contributed by atoms with E-state index in [-0.39, 0.29) is 0 Å². The van der Waals surface area contributed by atoms with Gasteiger partial charge in [0.25, 0.3) is 0 Å². The van der Waals surface area contributed by atoms with Crippen LogP contribution in [-0.4, -0.2) is 37.4 Å². The minimum atomic E-state index is -0.955. The molecule has 0 aliphatic carbocycles. The van der Waals surface area contributed by atoms with E-state index in [9.17, 15) is 4.79 Å². The summed E-state index contributed by atoms with van der Waals surface area (Å²) in [6.45, 7) is 1.76. The van der Waals surface area contributed by atoms with E-state index >= 15 is 0 Å². The summed E-state index contributed by atoms with van der Waals surface area (Å²) in [6.07, 6.45) is 4.99. The number of benzene rings is 1. The number of nitrogens with zero attached hydrogens (tertiary/aromatic N) is 1. The van der Waals surface area contributed by atoms with E-state index in [4.69, 9.17) is 21.4 Å². The third-order valence-corrected chi connectivity index (χ3v) is 3.75. The number of hydrogen-bond donors (Lipinski definition) is 1. The lowest BCUT2D eigenvalue weighted by Gasteiger charge is -2.34. The van der Waals surface area contributed by atoms with Gasteiger partial charge >= 0.3 is 5.97 Å². The number of carbonyl (C=O) groups is 1. The predicted octanol–water partition coefficient (Wildman–Crippen LogP) is 3.05. The summed E-state index contributed by atoms with van der Waals surface area (Å²) in [7, 11) is 1.74. The quantitative estimate of drug-likeness (QED) is 0.868. The molecule has 0 atom stereocenters. The first-order valence-electron chi connectivity index (χ1n) is 6.58. The van der Waals surface area contributed by atoms with Gasteiger partial charge in [-0.3, -0.25) is 0 Å². The SMILES string of the molecule is COC1CCN(c2cc(Cl)ccc2/C=C/C(=O)O)CC1. The summed E-state index contributed by atoms with van der Waals surface area (Å²) in [5, 5.41) is 9.41. The minimum Gasteiger partial charge on any atom is -0.478 e. The lowest BCUT2D eigenvalue weighted by Crippen LogP contribution is -2.37. The summed E-state index contributed by atoms with van der Waals surface area (Å²) in [5.41, 5.74) is 1.84. The van der Waals surface area contributed by atoms with E-state index in [2.05, 4.69) is 4.90 Å². The molecule has 2 rings (SSSR count). The maximum atomic E-state index is 10.7. The average Bonchev–Trinajstić information content (AvgIpc) is 2.46. The van der Waals surface area contributed by atoms with Crippen LogP contribution in [-0.2, 0) is 9.53 Å². The molecule has 4 nitrogen and oxygen atoms in total. The van der Waals surface area contributed by atoms with Gasteiger partial charge in [-0.15, -0.1) is 0 Å². The van der Waals surface area contributed by atoms with Crippen LogP contribution in [0.4, 0.5) is 5.69 Å². The number of rotatable bonds is 4. The van der Waals surface area contributed by atoms with Gasteiger partial charge in [-0.25, -0.2) is 4.79 Å². The van der Waals surface area contributed by atoms with Crippen molar-refractivity contribution < 1.29 is 14.6 Å². The topological polar surface area (TPSA) is 49.8 Å². The fourth-order valence-corrected chi connectivity index (χ4v) is 2.59. The lowest BCUT2D eigenvalue weighted by atomic mass is 10.0. The van der Waals surface area contributed by atoms with Gasteiger partial charge in [-0.2, -0.15) is 0 Å². The number of aliphatic carboxylic acids is 1. The van der Waals surface area contributed by atoms with Gasteiger partial charge in [0.1, 0.15) is 0 Å². The van der Waals surface area contributed by atoms with Crippen molar-refractivity contribution in [1.82, 2.24) is 0 Å². The van der Waals surface area contributed by atoms with Crippen LogP contribution in [0, 0.1) is 0 Å². The standard InChI is InChI=1S/C15H18ClNO3/c1-20-13-6-8-17(9-7-13)14-10-12(16)4-2-11(14)3-5-15(18)19/h2-5,10,13H,6-9H2,1H3,(H,18,19)/b5-3+. The number of methoxy groups -OCH3 is 1. The molecule has 0 unspecified atom stereocenters. The minimum absolute atomic E-state index is 0.309. The molecule has 0 amide bonds. The molecule has 5 heteroatoms. The van der Waals surface area contributed by atoms with Crippen molar-refractivity contribution in [3.63, 3.8) is 0 Å². The largest absolute Gasteiger partial charge is 0.478 e. The van der Waals surface area contributed by atoms with Crippen LogP contribution in [0.1, 0.15) is 18.4 Å². The molecule has 1 N–H and O–H groups in total. The fraction of sp³-hybridized carbons (Fsp3) is 0.400. The summed E-state index contributed by atoms with van der Waals surface area (Å²) < 4.78 is 5.36. The van der Waals surface area contributed by atoms with Crippen molar-refractivity contribution >= 4 is 29.3 Å². The highest BCUT2D eigenvalue weighted by Gasteiger charge is 2.20. The van der Waals surface area contributed by atoms with Crippen LogP contribution in [0.3, 0.4) is 0 Å². The van der Waals surface area contributed by atoms with Crippen molar-refractivity contribution in [2.75, 3.05) is 25.1 Å². The Bertz CT molecular complexity index is 508. The first-order chi connectivity index (χ1) is 9.60. The van der Waals surface area contributed by atoms with E-state index in [1.54, 1.807) is 19.3 Å². The van der Waals surface area contributed by atoms with Gasteiger partial charge in [0, 0.05) is 37.0 Å². The molecule has 1 saturated heterocycles. The van der Waals surface area contributed by atoms with Gasteiger partial charge in [-0.05, 0) is 36.6 Å². The van der Waals surface area contributed by atoms with Gasteiger partial charge in [0.15, 0.2) is 0 Å².